The molecule has 0 bridgehead atoms. The number of para-hydroxylation sites is 1. The van der Waals surface area contributed by atoms with Crippen LogP contribution in [0.15, 0.2) is 52.0 Å². The molecule has 0 aliphatic heterocycles. The molecule has 2 aromatic heterocycles. The third-order valence-corrected chi connectivity index (χ3v) is 3.38. The number of rotatable bonds is 2. The average molecular weight is 332 g/mol. The molecule has 100 valence electrons. The van der Waals surface area contributed by atoms with E-state index >= 15 is 0 Å². The van der Waals surface area contributed by atoms with Gasteiger partial charge in [-0.15, -0.1) is 4.73 Å². The maximum Gasteiger partial charge on any atom is 0.294 e. The summed E-state index contributed by atoms with van der Waals surface area (Å²) in [5.41, 5.74) is 0.266. The van der Waals surface area contributed by atoms with Gasteiger partial charge in [0.1, 0.15) is 15.9 Å². The predicted octanol–water partition coefficient (Wildman–Crippen LogP) is 2.70. The van der Waals surface area contributed by atoms with Crippen LogP contribution < -0.4 is 10.4 Å². The van der Waals surface area contributed by atoms with Crippen LogP contribution in [-0.4, -0.2) is 14.7 Å². The number of hydrogen-bond donors (Lipinski definition) is 0. The number of halogens is 1. The van der Waals surface area contributed by atoms with Crippen LogP contribution >= 0.6 is 15.9 Å². The van der Waals surface area contributed by atoms with Crippen molar-refractivity contribution in [2.24, 2.45) is 0 Å². The van der Waals surface area contributed by atoms with E-state index in [4.69, 9.17) is 4.84 Å². The third-order valence-electron chi connectivity index (χ3n) is 2.80. The predicted molar refractivity (Wildman–Crippen MR) is 78.7 cm³/mol. The molecule has 3 rings (SSSR count). The highest BCUT2D eigenvalue weighted by molar-refractivity contribution is 9.10. The van der Waals surface area contributed by atoms with E-state index in [0.717, 1.165) is 0 Å². The zero-order valence-electron chi connectivity index (χ0n) is 10.6. The van der Waals surface area contributed by atoms with Gasteiger partial charge in [0.05, 0.1) is 5.39 Å². The Morgan fingerprint density at radius 1 is 1.20 bits per heavy atom. The van der Waals surface area contributed by atoms with E-state index in [9.17, 15) is 4.79 Å². The van der Waals surface area contributed by atoms with Crippen molar-refractivity contribution in [3.63, 3.8) is 0 Å². The summed E-state index contributed by atoms with van der Waals surface area (Å²) in [6.07, 6.45) is 1.55. The van der Waals surface area contributed by atoms with Gasteiger partial charge in [-0.3, -0.25) is 4.79 Å². The smallest absolute Gasteiger partial charge is 0.294 e. The molecule has 1 aromatic carbocycles. The van der Waals surface area contributed by atoms with Crippen LogP contribution in [0.25, 0.3) is 10.9 Å². The second-order valence-electron chi connectivity index (χ2n) is 4.16. The molecule has 6 heteroatoms. The lowest BCUT2D eigenvalue weighted by Gasteiger charge is -2.11. The zero-order valence-corrected chi connectivity index (χ0v) is 12.2. The first-order valence-electron chi connectivity index (χ1n) is 5.94. The van der Waals surface area contributed by atoms with Gasteiger partial charge in [-0.05, 0) is 41.1 Å². The Hall–Kier alpha value is -2.21. The van der Waals surface area contributed by atoms with Crippen molar-refractivity contribution in [1.29, 1.82) is 0 Å². The Morgan fingerprint density at radius 3 is 2.70 bits per heavy atom. The second-order valence-corrected chi connectivity index (χ2v) is 4.91. The largest absolute Gasteiger partial charge is 0.370 e. The first-order valence-corrected chi connectivity index (χ1v) is 6.73. The van der Waals surface area contributed by atoms with E-state index in [-0.39, 0.29) is 5.56 Å². The van der Waals surface area contributed by atoms with Crippen molar-refractivity contribution in [3.8, 4) is 5.75 Å². The minimum absolute atomic E-state index is 0.264. The summed E-state index contributed by atoms with van der Waals surface area (Å²) in [5, 5.41) is 0.452. The molecule has 0 saturated heterocycles. The van der Waals surface area contributed by atoms with Crippen LogP contribution in [0.3, 0.4) is 0 Å². The maximum atomic E-state index is 12.5. The van der Waals surface area contributed by atoms with Gasteiger partial charge < -0.3 is 4.84 Å². The molecule has 0 atom stereocenters. The molecule has 0 aliphatic rings. The summed E-state index contributed by atoms with van der Waals surface area (Å²) < 4.78 is 1.73. The van der Waals surface area contributed by atoms with Crippen molar-refractivity contribution < 1.29 is 4.84 Å². The van der Waals surface area contributed by atoms with Gasteiger partial charge in [0.15, 0.2) is 5.75 Å². The zero-order chi connectivity index (χ0) is 14.1. The van der Waals surface area contributed by atoms with Crippen LogP contribution in [0.1, 0.15) is 5.82 Å². The number of hydrogen-bond acceptors (Lipinski definition) is 4. The van der Waals surface area contributed by atoms with Crippen LogP contribution in [0.2, 0.25) is 0 Å². The molecule has 0 aliphatic carbocycles. The summed E-state index contributed by atoms with van der Waals surface area (Å²) >= 11 is 3.29. The fraction of sp³-hybridized carbons (Fsp3) is 0.0714. The van der Waals surface area contributed by atoms with Gasteiger partial charge in [-0.2, -0.15) is 0 Å². The average Bonchev–Trinajstić information content (AvgIpc) is 2.46. The molecular formula is C14H10BrN3O2. The first-order chi connectivity index (χ1) is 9.66. The Labute approximate surface area is 123 Å². The van der Waals surface area contributed by atoms with Gasteiger partial charge in [0.2, 0.25) is 0 Å². The minimum Gasteiger partial charge on any atom is -0.370 e. The standard InChI is InChI=1S/C14H10BrN3O2/c1-9-17-12-11(7-8-16-13(12)15)14(19)18(9)20-10-5-3-2-4-6-10/h2-8H,1H3. The maximum absolute atomic E-state index is 12.5. The van der Waals surface area contributed by atoms with E-state index in [1.54, 1.807) is 31.3 Å². The number of benzene rings is 1. The lowest BCUT2D eigenvalue weighted by Crippen LogP contribution is -2.27. The fourth-order valence-electron chi connectivity index (χ4n) is 1.87. The summed E-state index contributed by atoms with van der Waals surface area (Å²) in [4.78, 5) is 26.5. The van der Waals surface area contributed by atoms with Crippen LogP contribution in [0, 0.1) is 6.92 Å². The van der Waals surface area contributed by atoms with Crippen molar-refractivity contribution >= 4 is 26.8 Å². The molecule has 5 nitrogen and oxygen atoms in total. The van der Waals surface area contributed by atoms with E-state index in [1.165, 1.54) is 4.73 Å². The molecule has 20 heavy (non-hydrogen) atoms. The molecule has 0 saturated carbocycles. The molecule has 0 fully saturated rings. The van der Waals surface area contributed by atoms with Crippen molar-refractivity contribution in [2.75, 3.05) is 0 Å². The molecule has 0 N–H and O–H groups in total. The van der Waals surface area contributed by atoms with E-state index in [2.05, 4.69) is 25.9 Å². The molecule has 0 unspecified atom stereocenters. The lowest BCUT2D eigenvalue weighted by molar-refractivity contribution is 0.195. The Morgan fingerprint density at radius 2 is 1.95 bits per heavy atom. The van der Waals surface area contributed by atoms with Crippen molar-refractivity contribution in [1.82, 2.24) is 14.7 Å². The lowest BCUT2D eigenvalue weighted by atomic mass is 10.3. The molecule has 0 radical (unpaired) electrons. The number of aryl methyl sites for hydroxylation is 1. The van der Waals surface area contributed by atoms with Gasteiger partial charge in [-0.1, -0.05) is 18.2 Å². The van der Waals surface area contributed by atoms with E-state index in [0.29, 0.717) is 27.1 Å². The minimum atomic E-state index is -0.264. The van der Waals surface area contributed by atoms with Gasteiger partial charge >= 0.3 is 0 Å². The second kappa shape index (κ2) is 5.05. The molecule has 0 spiro atoms. The number of aromatic nitrogens is 3. The summed E-state index contributed by atoms with van der Waals surface area (Å²) in [6, 6.07) is 10.7. The van der Waals surface area contributed by atoms with E-state index < -0.39 is 0 Å². The van der Waals surface area contributed by atoms with Gasteiger partial charge in [-0.25, -0.2) is 9.97 Å². The Kier molecular flexibility index (Phi) is 3.23. The Balaban J connectivity index is 2.20. The number of nitrogens with zero attached hydrogens (tertiary/aromatic N) is 3. The van der Waals surface area contributed by atoms with Crippen LogP contribution in [0.4, 0.5) is 0 Å². The first kappa shape index (κ1) is 12.8. The van der Waals surface area contributed by atoms with Crippen LogP contribution in [-0.2, 0) is 0 Å². The highest BCUT2D eigenvalue weighted by Gasteiger charge is 2.12. The summed E-state index contributed by atoms with van der Waals surface area (Å²) in [5.74, 6) is 1.03. The normalized spacial score (nSPS) is 10.7. The van der Waals surface area contributed by atoms with Gasteiger partial charge in [0, 0.05) is 6.20 Å². The fourth-order valence-corrected chi connectivity index (χ4v) is 2.29. The number of fused-ring (bicyclic) bond motifs is 1. The molecule has 2 heterocycles. The topological polar surface area (TPSA) is 57.0 Å². The van der Waals surface area contributed by atoms with E-state index in [1.807, 2.05) is 18.2 Å². The monoisotopic (exact) mass is 331 g/mol. The highest BCUT2D eigenvalue weighted by atomic mass is 79.9. The van der Waals surface area contributed by atoms with Crippen molar-refractivity contribution in [2.45, 2.75) is 6.92 Å². The molecule has 3 aromatic rings. The summed E-state index contributed by atoms with van der Waals surface area (Å²) in [7, 11) is 0. The van der Waals surface area contributed by atoms with Crippen molar-refractivity contribution in [3.05, 3.63) is 63.4 Å². The highest BCUT2D eigenvalue weighted by Crippen LogP contribution is 2.17. The molecular weight excluding hydrogens is 322 g/mol. The quantitative estimate of drug-likeness (QED) is 0.677. The van der Waals surface area contributed by atoms with Gasteiger partial charge in [0.25, 0.3) is 5.56 Å². The Bertz CT molecular complexity index is 831. The third kappa shape index (κ3) is 2.18. The summed E-state index contributed by atoms with van der Waals surface area (Å²) in [6.45, 7) is 1.71. The number of pyridine rings is 1. The molecule has 0 amide bonds. The SMILES string of the molecule is Cc1nc2c(Br)nccc2c(=O)n1Oc1ccccc1. The van der Waals surface area contributed by atoms with Crippen LogP contribution in [0.5, 0.6) is 5.75 Å².